The molecule has 0 spiro atoms. The molecule has 2 aliphatic rings. The lowest BCUT2D eigenvalue weighted by Crippen LogP contribution is -3.28. The molecule has 4 rings (SSSR count). The molecule has 1 atom stereocenters. The van der Waals surface area contributed by atoms with Crippen molar-refractivity contribution in [3.63, 3.8) is 0 Å². The molecule has 164 valence electrons. The summed E-state index contributed by atoms with van der Waals surface area (Å²) in [5, 5.41) is 13.2. The number of rotatable bonds is 7. The maximum Gasteiger partial charge on any atom is 0.214 e. The lowest BCUT2D eigenvalue weighted by Gasteiger charge is -2.34. The van der Waals surface area contributed by atoms with Crippen molar-refractivity contribution in [3.8, 4) is 11.5 Å². The van der Waals surface area contributed by atoms with Gasteiger partial charge in [0.05, 0.1) is 26.8 Å². The molecule has 1 aliphatic heterocycles. The molecule has 0 radical (unpaired) electrons. The number of nitrogens with zero attached hydrogens (tertiary/aromatic N) is 4. The van der Waals surface area contributed by atoms with Gasteiger partial charge in [0.25, 0.3) is 0 Å². The number of aromatic nitrogens is 4. The molecule has 2 aromatic rings. The van der Waals surface area contributed by atoms with Crippen LogP contribution in [0.5, 0.6) is 11.5 Å². The lowest BCUT2D eigenvalue weighted by atomic mass is 9.95. The van der Waals surface area contributed by atoms with Gasteiger partial charge in [-0.05, 0) is 48.4 Å². The highest BCUT2D eigenvalue weighted by Crippen LogP contribution is 2.33. The highest BCUT2D eigenvalue weighted by molar-refractivity contribution is 5.44. The Hall–Kier alpha value is -2.19. The van der Waals surface area contributed by atoms with E-state index >= 15 is 0 Å². The van der Waals surface area contributed by atoms with E-state index in [-0.39, 0.29) is 6.04 Å². The molecular formula is C22H36N6O2+2. The van der Waals surface area contributed by atoms with Gasteiger partial charge in [-0.15, -0.1) is 5.10 Å². The largest absolute Gasteiger partial charge is 0.493 e. The van der Waals surface area contributed by atoms with Crippen LogP contribution >= 0.6 is 0 Å². The normalized spacial score (nSPS) is 23.8. The maximum atomic E-state index is 5.62. The number of ether oxygens (including phenoxy) is 2. The molecule has 0 bridgehead atoms. The number of methoxy groups -OCH3 is 2. The van der Waals surface area contributed by atoms with Crippen LogP contribution in [0.1, 0.15) is 62.5 Å². The minimum Gasteiger partial charge on any atom is -0.493 e. The van der Waals surface area contributed by atoms with Gasteiger partial charge in [-0.1, -0.05) is 19.3 Å². The van der Waals surface area contributed by atoms with Gasteiger partial charge >= 0.3 is 0 Å². The predicted octanol–water partition coefficient (Wildman–Crippen LogP) is 0.0882. The molecule has 1 aliphatic carbocycles. The second-order valence-corrected chi connectivity index (χ2v) is 8.58. The summed E-state index contributed by atoms with van der Waals surface area (Å²) in [6, 6.07) is 6.77. The maximum absolute atomic E-state index is 5.62. The molecule has 2 heterocycles. The Labute approximate surface area is 179 Å². The van der Waals surface area contributed by atoms with E-state index in [0.29, 0.717) is 6.04 Å². The van der Waals surface area contributed by atoms with Crippen molar-refractivity contribution in [1.29, 1.82) is 0 Å². The highest BCUT2D eigenvalue weighted by Gasteiger charge is 2.37. The first-order valence-electron chi connectivity index (χ1n) is 11.4. The smallest absolute Gasteiger partial charge is 0.214 e. The van der Waals surface area contributed by atoms with Crippen molar-refractivity contribution in [2.75, 3.05) is 46.9 Å². The fourth-order valence-electron chi connectivity index (χ4n) is 5.14. The van der Waals surface area contributed by atoms with E-state index in [4.69, 9.17) is 9.47 Å². The van der Waals surface area contributed by atoms with E-state index in [1.807, 2.05) is 6.07 Å². The van der Waals surface area contributed by atoms with Crippen LogP contribution in [0.25, 0.3) is 0 Å². The van der Waals surface area contributed by atoms with Crippen LogP contribution < -0.4 is 19.3 Å². The molecule has 8 heteroatoms. The Kier molecular flexibility index (Phi) is 6.84. The van der Waals surface area contributed by atoms with Crippen molar-refractivity contribution in [3.05, 3.63) is 29.6 Å². The molecular weight excluding hydrogens is 380 g/mol. The van der Waals surface area contributed by atoms with Gasteiger partial charge in [-0.25, -0.2) is 4.68 Å². The fourth-order valence-corrected chi connectivity index (χ4v) is 5.14. The summed E-state index contributed by atoms with van der Waals surface area (Å²) >= 11 is 0. The first-order valence-corrected chi connectivity index (χ1v) is 11.4. The van der Waals surface area contributed by atoms with Gasteiger partial charge in [0.2, 0.25) is 5.82 Å². The summed E-state index contributed by atoms with van der Waals surface area (Å²) in [7, 11) is 3.37. The summed E-state index contributed by atoms with van der Waals surface area (Å²) < 4.78 is 13.2. The summed E-state index contributed by atoms with van der Waals surface area (Å²) in [5.41, 5.74) is 1.19. The first kappa shape index (κ1) is 21.1. The van der Waals surface area contributed by atoms with Crippen LogP contribution in [0.2, 0.25) is 0 Å². The summed E-state index contributed by atoms with van der Waals surface area (Å²) in [6.45, 7) is 8.05. The molecule has 8 nitrogen and oxygen atoms in total. The van der Waals surface area contributed by atoms with Crippen molar-refractivity contribution in [2.45, 2.75) is 51.1 Å². The first-order chi connectivity index (χ1) is 14.7. The summed E-state index contributed by atoms with van der Waals surface area (Å²) in [5.74, 6) is 2.50. The minimum atomic E-state index is 0.0974. The zero-order valence-electron chi connectivity index (χ0n) is 18.6. The molecule has 2 fully saturated rings. The van der Waals surface area contributed by atoms with Crippen LogP contribution in [-0.2, 0) is 0 Å². The predicted molar refractivity (Wildman–Crippen MR) is 113 cm³/mol. The number of likely N-dealkylation sites (N-methyl/N-ethyl adjacent to an activating group) is 1. The zero-order valence-corrected chi connectivity index (χ0v) is 18.6. The van der Waals surface area contributed by atoms with Gasteiger partial charge < -0.3 is 19.3 Å². The number of hydrogen-bond acceptors (Lipinski definition) is 5. The monoisotopic (exact) mass is 416 g/mol. The topological polar surface area (TPSA) is 70.9 Å². The minimum absolute atomic E-state index is 0.0974. The lowest BCUT2D eigenvalue weighted by molar-refractivity contribution is -1.02. The van der Waals surface area contributed by atoms with Crippen LogP contribution in [0.4, 0.5) is 0 Å². The van der Waals surface area contributed by atoms with Gasteiger partial charge in [0, 0.05) is 5.56 Å². The Balaban J connectivity index is 1.71. The molecule has 1 saturated carbocycles. The molecule has 1 saturated heterocycles. The molecule has 0 unspecified atom stereocenters. The molecule has 0 amide bonds. The zero-order chi connectivity index (χ0) is 20.9. The average molecular weight is 417 g/mol. The van der Waals surface area contributed by atoms with E-state index in [1.165, 1.54) is 62.2 Å². The third-order valence-electron chi connectivity index (χ3n) is 6.95. The molecule has 2 N–H and O–H groups in total. The number of tetrazole rings is 1. The molecule has 30 heavy (non-hydrogen) atoms. The molecule has 1 aromatic carbocycles. The second-order valence-electron chi connectivity index (χ2n) is 8.58. The third kappa shape index (κ3) is 4.30. The van der Waals surface area contributed by atoms with Gasteiger partial charge in [0.1, 0.15) is 26.2 Å². The quantitative estimate of drug-likeness (QED) is 0.669. The van der Waals surface area contributed by atoms with Gasteiger partial charge in [0.15, 0.2) is 17.5 Å². The van der Waals surface area contributed by atoms with Crippen molar-refractivity contribution >= 4 is 0 Å². The Morgan fingerprint density at radius 2 is 1.77 bits per heavy atom. The van der Waals surface area contributed by atoms with Crippen molar-refractivity contribution in [1.82, 2.24) is 20.2 Å². The Morgan fingerprint density at radius 1 is 1.03 bits per heavy atom. The van der Waals surface area contributed by atoms with E-state index < -0.39 is 0 Å². The molecule has 1 aromatic heterocycles. The van der Waals surface area contributed by atoms with E-state index in [1.54, 1.807) is 19.1 Å². The fraction of sp³-hybridized carbons (Fsp3) is 0.682. The highest BCUT2D eigenvalue weighted by atomic mass is 16.5. The van der Waals surface area contributed by atoms with Crippen LogP contribution in [0, 0.1) is 0 Å². The van der Waals surface area contributed by atoms with Gasteiger partial charge in [-0.2, -0.15) is 0 Å². The SMILES string of the molecule is CC[NH+]1CC[NH+]([C@H](c2ccc(OC)c(OC)c2)c2nnnn2C2CCCCC2)CC1. The van der Waals surface area contributed by atoms with E-state index in [0.717, 1.165) is 30.4 Å². The Bertz CT molecular complexity index is 812. The number of piperazine rings is 1. The van der Waals surface area contributed by atoms with Crippen LogP contribution in [-0.4, -0.2) is 67.2 Å². The van der Waals surface area contributed by atoms with Crippen molar-refractivity contribution in [2.24, 2.45) is 0 Å². The third-order valence-corrected chi connectivity index (χ3v) is 6.95. The number of nitrogens with one attached hydrogen (secondary N) is 2. The Morgan fingerprint density at radius 3 is 2.43 bits per heavy atom. The van der Waals surface area contributed by atoms with E-state index in [9.17, 15) is 0 Å². The number of quaternary nitrogens is 2. The van der Waals surface area contributed by atoms with Crippen LogP contribution in [0.3, 0.4) is 0 Å². The van der Waals surface area contributed by atoms with Crippen LogP contribution in [0.15, 0.2) is 18.2 Å². The second kappa shape index (κ2) is 9.75. The summed E-state index contributed by atoms with van der Waals surface area (Å²) in [6.07, 6.45) is 6.17. The van der Waals surface area contributed by atoms with Gasteiger partial charge in [-0.3, -0.25) is 0 Å². The average Bonchev–Trinajstić information content (AvgIpc) is 3.29. The standard InChI is InChI=1S/C22H34N6O2/c1-4-26-12-14-27(15-13-26)21(17-10-11-19(29-2)20(16-17)30-3)22-23-24-25-28(22)18-8-6-5-7-9-18/h10-11,16,18,21H,4-9,12-15H2,1-3H3/p+2/t21-/m1/s1. The number of benzene rings is 1. The van der Waals surface area contributed by atoms with E-state index in [2.05, 4.69) is 39.3 Å². The number of hydrogen-bond donors (Lipinski definition) is 2. The van der Waals surface area contributed by atoms with Crippen molar-refractivity contribution < 1.29 is 19.3 Å². The summed E-state index contributed by atoms with van der Waals surface area (Å²) in [4.78, 5) is 3.21.